The first-order valence-electron chi connectivity index (χ1n) is 12.3. The number of H-pyrrole nitrogens is 3. The molecule has 3 heterocycles. The highest BCUT2D eigenvalue weighted by atomic mass is 16.5. The van der Waals surface area contributed by atoms with Gasteiger partial charge in [-0.05, 0) is 54.4 Å². The van der Waals surface area contributed by atoms with E-state index >= 15 is 0 Å². The molecule has 0 aliphatic carbocycles. The molecule has 0 bridgehead atoms. The average molecular weight is 558 g/mol. The van der Waals surface area contributed by atoms with Gasteiger partial charge in [-0.15, -0.1) is 0 Å². The van der Waals surface area contributed by atoms with Crippen molar-refractivity contribution in [3.63, 3.8) is 0 Å². The van der Waals surface area contributed by atoms with Crippen LogP contribution in [0.4, 0.5) is 5.82 Å². The number of hydrogen-bond acceptors (Lipinski definition) is 9. The lowest BCUT2D eigenvalue weighted by molar-refractivity contribution is 0.0526. The van der Waals surface area contributed by atoms with E-state index in [-0.39, 0.29) is 24.0 Å². The Morgan fingerprint density at radius 3 is 1.83 bits per heavy atom. The Morgan fingerprint density at radius 1 is 0.805 bits per heavy atom. The van der Waals surface area contributed by atoms with Crippen molar-refractivity contribution in [2.24, 2.45) is 0 Å². The van der Waals surface area contributed by atoms with Gasteiger partial charge in [-0.3, -0.25) is 4.79 Å². The number of fused-ring (bicyclic) bond motifs is 1. The molecule has 0 radical (unpaired) electrons. The molecule has 5 N–H and O–H groups in total. The summed E-state index contributed by atoms with van der Waals surface area (Å²) in [5.41, 5.74) is 10.4. The number of rotatable bonds is 6. The molecule has 0 aliphatic heterocycles. The monoisotopic (exact) mass is 557 g/mol. The van der Waals surface area contributed by atoms with Crippen LogP contribution in [0.25, 0.3) is 33.5 Å². The highest BCUT2D eigenvalue weighted by Gasteiger charge is 2.16. The van der Waals surface area contributed by atoms with E-state index in [1.165, 1.54) is 20.5 Å². The van der Waals surface area contributed by atoms with Crippen molar-refractivity contribution in [2.75, 3.05) is 26.6 Å². The fourth-order valence-corrected chi connectivity index (χ4v) is 3.92. The molecule has 0 unspecified atom stereocenters. The Labute approximate surface area is 233 Å². The van der Waals surface area contributed by atoms with Gasteiger partial charge in [-0.2, -0.15) is 0 Å². The minimum absolute atomic E-state index is 0.191. The molecule has 0 atom stereocenters. The molecular weight excluding hydrogens is 530 g/mol. The van der Waals surface area contributed by atoms with Gasteiger partial charge in [-0.25, -0.2) is 19.4 Å². The summed E-state index contributed by atoms with van der Waals surface area (Å²) in [7, 11) is 2.67. The number of nitrogen functional groups attached to an aromatic ring is 1. The number of benzene rings is 2. The summed E-state index contributed by atoms with van der Waals surface area (Å²) < 4.78 is 14.2. The molecule has 0 spiro atoms. The summed E-state index contributed by atoms with van der Waals surface area (Å²) in [6.07, 6.45) is 1.35. The number of anilines is 1. The van der Waals surface area contributed by atoms with E-state index in [4.69, 9.17) is 10.5 Å². The molecule has 0 amide bonds. The smallest absolute Gasteiger partial charge is 0.341 e. The second-order valence-corrected chi connectivity index (χ2v) is 8.55. The van der Waals surface area contributed by atoms with Crippen molar-refractivity contribution in [3.05, 3.63) is 94.0 Å². The molecule has 0 saturated heterocycles. The van der Waals surface area contributed by atoms with Crippen LogP contribution in [-0.4, -0.2) is 58.7 Å². The van der Waals surface area contributed by atoms with Crippen molar-refractivity contribution < 1.29 is 28.6 Å². The van der Waals surface area contributed by atoms with Gasteiger partial charge < -0.3 is 34.9 Å². The first-order chi connectivity index (χ1) is 19.7. The van der Waals surface area contributed by atoms with Gasteiger partial charge >= 0.3 is 17.9 Å². The van der Waals surface area contributed by atoms with Crippen LogP contribution in [0.3, 0.4) is 0 Å². The van der Waals surface area contributed by atoms with Gasteiger partial charge in [0.1, 0.15) is 17.0 Å². The number of nitrogens with two attached hydrogens (primary N) is 1. The number of aromatic amines is 3. The number of aromatic nitrogens is 4. The lowest BCUT2D eigenvalue weighted by Gasteiger charge is -2.01. The number of nitrogens with one attached hydrogen (secondary N) is 3. The Kier molecular flexibility index (Phi) is 8.63. The van der Waals surface area contributed by atoms with Crippen LogP contribution in [0.2, 0.25) is 0 Å². The lowest BCUT2D eigenvalue weighted by Crippen LogP contribution is -2.05. The molecule has 41 heavy (non-hydrogen) atoms. The summed E-state index contributed by atoms with van der Waals surface area (Å²) in [6, 6.07) is 17.0. The van der Waals surface area contributed by atoms with Crippen molar-refractivity contribution in [3.8, 4) is 22.5 Å². The second kappa shape index (κ2) is 12.5. The van der Waals surface area contributed by atoms with E-state index < -0.39 is 11.9 Å². The molecule has 12 nitrogen and oxygen atoms in total. The van der Waals surface area contributed by atoms with Gasteiger partial charge in [0.2, 0.25) is 0 Å². The zero-order valence-electron chi connectivity index (χ0n) is 22.4. The molecule has 0 fully saturated rings. The van der Waals surface area contributed by atoms with Crippen LogP contribution in [0.15, 0.2) is 71.8 Å². The minimum atomic E-state index is -0.469. The van der Waals surface area contributed by atoms with Gasteiger partial charge in [0, 0.05) is 11.4 Å². The third kappa shape index (κ3) is 6.33. The van der Waals surface area contributed by atoms with Crippen LogP contribution in [0.5, 0.6) is 0 Å². The number of nitrogens with zero attached hydrogens (tertiary/aromatic N) is 1. The first-order valence-corrected chi connectivity index (χ1v) is 12.3. The predicted molar refractivity (Wildman–Crippen MR) is 151 cm³/mol. The van der Waals surface area contributed by atoms with Crippen LogP contribution >= 0.6 is 0 Å². The fourth-order valence-electron chi connectivity index (χ4n) is 3.92. The van der Waals surface area contributed by atoms with Crippen molar-refractivity contribution in [1.82, 2.24) is 19.9 Å². The zero-order chi connectivity index (χ0) is 29.5. The summed E-state index contributed by atoms with van der Waals surface area (Å²) in [4.78, 5) is 58.6. The molecular formula is C29H27N5O7. The topological polar surface area (TPSA) is 182 Å². The molecule has 0 aliphatic rings. The lowest BCUT2D eigenvalue weighted by atomic mass is 10.1. The molecule has 210 valence electrons. The maximum atomic E-state index is 11.7. The molecule has 0 saturated carbocycles. The van der Waals surface area contributed by atoms with E-state index in [2.05, 4.69) is 29.4 Å². The van der Waals surface area contributed by atoms with Crippen molar-refractivity contribution >= 4 is 34.8 Å². The number of methoxy groups -OCH3 is 2. The van der Waals surface area contributed by atoms with E-state index in [1.54, 1.807) is 67.6 Å². The molecule has 12 heteroatoms. The van der Waals surface area contributed by atoms with E-state index in [1.807, 2.05) is 0 Å². The van der Waals surface area contributed by atoms with E-state index in [0.717, 1.165) is 16.8 Å². The summed E-state index contributed by atoms with van der Waals surface area (Å²) in [5, 5.41) is 0.500. The summed E-state index contributed by atoms with van der Waals surface area (Å²) >= 11 is 0. The molecule has 2 aromatic carbocycles. The number of carbonyl (C=O) groups excluding carboxylic acids is 3. The fraction of sp³-hybridized carbons (Fsp3) is 0.138. The largest absolute Gasteiger partial charge is 0.465 e. The average Bonchev–Trinajstić information content (AvgIpc) is 3.62. The predicted octanol–water partition coefficient (Wildman–Crippen LogP) is 3.93. The molecule has 5 aromatic rings. The van der Waals surface area contributed by atoms with Gasteiger partial charge in [0.15, 0.2) is 0 Å². The second-order valence-electron chi connectivity index (χ2n) is 8.55. The van der Waals surface area contributed by atoms with Crippen molar-refractivity contribution in [2.45, 2.75) is 6.92 Å². The van der Waals surface area contributed by atoms with Gasteiger partial charge in [0.05, 0.1) is 43.7 Å². The SMILES string of the molecule is CCOC(=O)c1cc(-c2ccc(C(=O)OC)cc2)[nH]c1N.COC(=O)c1ccc(-c2cc3c(=O)[nH]cnc3[nH]2)cc1. The summed E-state index contributed by atoms with van der Waals surface area (Å²) in [6.45, 7) is 2.01. The normalized spacial score (nSPS) is 10.4. The van der Waals surface area contributed by atoms with Crippen LogP contribution in [-0.2, 0) is 14.2 Å². The number of hydrogen-bond donors (Lipinski definition) is 4. The van der Waals surface area contributed by atoms with Crippen LogP contribution < -0.4 is 11.3 Å². The highest BCUT2D eigenvalue weighted by Crippen LogP contribution is 2.25. The van der Waals surface area contributed by atoms with Crippen molar-refractivity contribution in [1.29, 1.82) is 0 Å². The third-order valence-corrected chi connectivity index (χ3v) is 6.01. The standard InChI is InChI=1S/C15H16N2O4.C14H11N3O3/c1-3-21-15(19)11-8-12(17-13(11)16)9-4-6-10(7-5-9)14(18)20-2;1-20-14(19)9-4-2-8(3-5-9)11-6-10-12(17-11)15-7-16-13(10)18/h4-8,17H,3,16H2,1-2H3;2-7H,1H3,(H2,15,16,17,18). The third-order valence-electron chi connectivity index (χ3n) is 6.01. The molecule has 3 aromatic heterocycles. The number of esters is 3. The van der Waals surface area contributed by atoms with E-state index in [0.29, 0.717) is 33.4 Å². The maximum absolute atomic E-state index is 11.7. The summed E-state index contributed by atoms with van der Waals surface area (Å²) in [5.74, 6) is -1.00. The van der Waals surface area contributed by atoms with Gasteiger partial charge in [0.25, 0.3) is 5.56 Å². The van der Waals surface area contributed by atoms with Gasteiger partial charge in [-0.1, -0.05) is 24.3 Å². The van der Waals surface area contributed by atoms with Crippen LogP contribution in [0.1, 0.15) is 38.0 Å². The van der Waals surface area contributed by atoms with Crippen LogP contribution in [0, 0.1) is 0 Å². The Hall–Kier alpha value is -5.65. The zero-order valence-corrected chi connectivity index (χ0v) is 22.4. The maximum Gasteiger partial charge on any atom is 0.341 e. The Morgan fingerprint density at radius 2 is 1.34 bits per heavy atom. The first kappa shape index (κ1) is 28.4. The number of carbonyl (C=O) groups is 3. The minimum Gasteiger partial charge on any atom is -0.465 e. The Bertz CT molecular complexity index is 1750. The quantitative estimate of drug-likeness (QED) is 0.177. The highest BCUT2D eigenvalue weighted by molar-refractivity contribution is 5.96. The molecule has 5 rings (SSSR count). The number of ether oxygens (including phenoxy) is 3. The van der Waals surface area contributed by atoms with E-state index in [9.17, 15) is 19.2 Å². The Balaban J connectivity index is 0.000000189.